The number of rotatable bonds is 3. The van der Waals surface area contributed by atoms with E-state index in [1.165, 1.54) is 4.57 Å². The fourth-order valence-corrected chi connectivity index (χ4v) is 1.83. The number of amides is 1. The number of nitrogens with zero attached hydrogens (tertiary/aromatic N) is 1. The molecule has 0 bridgehead atoms. The molecule has 19 heavy (non-hydrogen) atoms. The zero-order chi connectivity index (χ0) is 14.2. The van der Waals surface area contributed by atoms with Crippen molar-refractivity contribution in [3.05, 3.63) is 28.7 Å². The van der Waals surface area contributed by atoms with Gasteiger partial charge in [-0.2, -0.15) is 0 Å². The SMILES string of the molecule is Cn1c(=O)oc2cc(NC(=O)CC(C)(C)N)ccc21. The van der Waals surface area contributed by atoms with Crippen molar-refractivity contribution in [3.8, 4) is 0 Å². The van der Waals surface area contributed by atoms with Crippen molar-refractivity contribution in [2.75, 3.05) is 5.32 Å². The van der Waals surface area contributed by atoms with Crippen LogP contribution >= 0.6 is 0 Å². The number of fused-ring (bicyclic) bond motifs is 1. The zero-order valence-electron chi connectivity index (χ0n) is 11.2. The molecule has 0 fully saturated rings. The lowest BCUT2D eigenvalue weighted by molar-refractivity contribution is -0.117. The van der Waals surface area contributed by atoms with E-state index in [9.17, 15) is 9.59 Å². The summed E-state index contributed by atoms with van der Waals surface area (Å²) >= 11 is 0. The van der Waals surface area contributed by atoms with Crippen molar-refractivity contribution >= 4 is 22.7 Å². The fraction of sp³-hybridized carbons (Fsp3) is 0.385. The quantitative estimate of drug-likeness (QED) is 0.870. The van der Waals surface area contributed by atoms with Crippen molar-refractivity contribution in [3.63, 3.8) is 0 Å². The van der Waals surface area contributed by atoms with Crippen LogP contribution in [-0.4, -0.2) is 16.0 Å². The summed E-state index contributed by atoms with van der Waals surface area (Å²) in [6.07, 6.45) is 0.212. The first-order chi connectivity index (χ1) is 8.76. The van der Waals surface area contributed by atoms with E-state index in [0.717, 1.165) is 0 Å². The minimum Gasteiger partial charge on any atom is -0.408 e. The van der Waals surface area contributed by atoms with E-state index >= 15 is 0 Å². The number of hydrogen-bond acceptors (Lipinski definition) is 4. The number of benzene rings is 1. The number of anilines is 1. The standard InChI is InChI=1S/C13H17N3O3/c1-13(2,14)7-11(17)15-8-4-5-9-10(6-8)19-12(18)16(9)3/h4-6H,7,14H2,1-3H3,(H,15,17). The van der Waals surface area contributed by atoms with Crippen LogP contribution in [0.1, 0.15) is 20.3 Å². The van der Waals surface area contributed by atoms with Crippen molar-refractivity contribution in [1.82, 2.24) is 4.57 Å². The molecule has 0 aliphatic rings. The summed E-state index contributed by atoms with van der Waals surface area (Å²) < 4.78 is 6.46. The Balaban J connectivity index is 2.23. The topological polar surface area (TPSA) is 90.3 Å². The van der Waals surface area contributed by atoms with E-state index < -0.39 is 11.3 Å². The summed E-state index contributed by atoms with van der Waals surface area (Å²) in [5, 5.41) is 2.73. The van der Waals surface area contributed by atoms with Gasteiger partial charge in [0.05, 0.1) is 5.52 Å². The summed E-state index contributed by atoms with van der Waals surface area (Å²) in [5.74, 6) is -0.605. The third kappa shape index (κ3) is 3.03. The van der Waals surface area contributed by atoms with Gasteiger partial charge in [-0.1, -0.05) is 0 Å². The smallest absolute Gasteiger partial charge is 0.408 e. The Morgan fingerprint density at radius 3 is 2.79 bits per heavy atom. The van der Waals surface area contributed by atoms with Crippen LogP contribution in [0.4, 0.5) is 5.69 Å². The van der Waals surface area contributed by atoms with E-state index in [4.69, 9.17) is 10.2 Å². The molecular weight excluding hydrogens is 246 g/mol. The highest BCUT2D eigenvalue weighted by atomic mass is 16.4. The second-order valence-corrected chi connectivity index (χ2v) is 5.32. The van der Waals surface area contributed by atoms with Gasteiger partial charge >= 0.3 is 5.76 Å². The number of carbonyl (C=O) groups excluding carboxylic acids is 1. The lowest BCUT2D eigenvalue weighted by Gasteiger charge is -2.17. The lowest BCUT2D eigenvalue weighted by atomic mass is 10.0. The molecule has 1 aromatic heterocycles. The third-order valence-corrected chi connectivity index (χ3v) is 2.69. The van der Waals surface area contributed by atoms with Crippen molar-refractivity contribution in [1.29, 1.82) is 0 Å². The van der Waals surface area contributed by atoms with Crippen LogP contribution in [0.15, 0.2) is 27.4 Å². The van der Waals surface area contributed by atoms with Crippen LogP contribution in [0.5, 0.6) is 0 Å². The van der Waals surface area contributed by atoms with E-state index in [1.54, 1.807) is 39.1 Å². The Morgan fingerprint density at radius 1 is 1.47 bits per heavy atom. The molecule has 0 aliphatic carbocycles. The van der Waals surface area contributed by atoms with Crippen molar-refractivity contribution < 1.29 is 9.21 Å². The molecule has 3 N–H and O–H groups in total. The first kappa shape index (κ1) is 13.4. The Hall–Kier alpha value is -2.08. The van der Waals surface area contributed by atoms with Crippen LogP contribution in [0.2, 0.25) is 0 Å². The zero-order valence-corrected chi connectivity index (χ0v) is 11.2. The summed E-state index contributed by atoms with van der Waals surface area (Å²) in [7, 11) is 1.63. The lowest BCUT2D eigenvalue weighted by Crippen LogP contribution is -2.36. The van der Waals surface area contributed by atoms with Gasteiger partial charge in [-0.15, -0.1) is 0 Å². The van der Waals surface area contributed by atoms with Gasteiger partial charge in [0, 0.05) is 30.8 Å². The Labute approximate surface area is 110 Å². The molecule has 2 aromatic rings. The largest absolute Gasteiger partial charge is 0.419 e. The molecule has 0 aliphatic heterocycles. The fourth-order valence-electron chi connectivity index (χ4n) is 1.83. The Kier molecular flexibility index (Phi) is 3.20. The molecule has 0 atom stereocenters. The number of nitrogens with two attached hydrogens (primary N) is 1. The summed E-state index contributed by atoms with van der Waals surface area (Å²) in [6, 6.07) is 5.07. The van der Waals surface area contributed by atoms with Crippen molar-refractivity contribution in [2.24, 2.45) is 12.8 Å². The number of nitrogens with one attached hydrogen (secondary N) is 1. The Bertz CT molecular complexity index is 676. The molecule has 6 nitrogen and oxygen atoms in total. The van der Waals surface area contributed by atoms with Crippen LogP contribution in [0, 0.1) is 0 Å². The number of carbonyl (C=O) groups is 1. The predicted octanol–water partition coefficient (Wildman–Crippen LogP) is 1.20. The van der Waals surface area contributed by atoms with Crippen LogP contribution < -0.4 is 16.8 Å². The number of oxazole rings is 1. The van der Waals surface area contributed by atoms with Gasteiger partial charge in [0.25, 0.3) is 0 Å². The van der Waals surface area contributed by atoms with E-state index in [2.05, 4.69) is 5.32 Å². The molecule has 2 rings (SSSR count). The van der Waals surface area contributed by atoms with Gasteiger partial charge < -0.3 is 15.5 Å². The minimum atomic E-state index is -0.562. The van der Waals surface area contributed by atoms with Gasteiger partial charge in [-0.3, -0.25) is 9.36 Å². The van der Waals surface area contributed by atoms with Crippen molar-refractivity contribution in [2.45, 2.75) is 25.8 Å². The maximum Gasteiger partial charge on any atom is 0.419 e. The molecule has 1 amide bonds. The minimum absolute atomic E-state index is 0.176. The molecule has 0 unspecified atom stereocenters. The van der Waals surface area contributed by atoms with E-state index in [1.807, 2.05) is 0 Å². The van der Waals surface area contributed by atoms with Crippen LogP contribution in [-0.2, 0) is 11.8 Å². The molecule has 0 saturated carbocycles. The van der Waals surface area contributed by atoms with Gasteiger partial charge in [0.2, 0.25) is 5.91 Å². The molecule has 1 aromatic carbocycles. The molecule has 1 heterocycles. The molecular formula is C13H17N3O3. The molecule has 0 radical (unpaired) electrons. The molecule has 0 spiro atoms. The maximum absolute atomic E-state index is 11.7. The number of aromatic nitrogens is 1. The average molecular weight is 263 g/mol. The predicted molar refractivity (Wildman–Crippen MR) is 73.0 cm³/mol. The maximum atomic E-state index is 11.7. The highest BCUT2D eigenvalue weighted by Crippen LogP contribution is 2.18. The van der Waals surface area contributed by atoms with Crippen LogP contribution in [0.3, 0.4) is 0 Å². The monoisotopic (exact) mass is 263 g/mol. The summed E-state index contributed by atoms with van der Waals surface area (Å²) in [6.45, 7) is 3.57. The Morgan fingerprint density at radius 2 is 2.16 bits per heavy atom. The second kappa shape index (κ2) is 4.55. The van der Waals surface area contributed by atoms with Gasteiger partial charge in [0.1, 0.15) is 0 Å². The number of aryl methyl sites for hydroxylation is 1. The number of hydrogen-bond donors (Lipinski definition) is 2. The second-order valence-electron chi connectivity index (χ2n) is 5.32. The molecule has 0 saturated heterocycles. The van der Waals surface area contributed by atoms with Gasteiger partial charge in [-0.25, -0.2) is 4.79 Å². The van der Waals surface area contributed by atoms with E-state index in [0.29, 0.717) is 16.8 Å². The van der Waals surface area contributed by atoms with Gasteiger partial charge in [0.15, 0.2) is 5.58 Å². The normalized spacial score (nSPS) is 11.8. The summed E-state index contributed by atoms with van der Waals surface area (Å²) in [4.78, 5) is 23.1. The average Bonchev–Trinajstić information content (AvgIpc) is 2.51. The summed E-state index contributed by atoms with van der Waals surface area (Å²) in [5.41, 5.74) is 6.92. The first-order valence-corrected chi connectivity index (χ1v) is 5.94. The van der Waals surface area contributed by atoms with E-state index in [-0.39, 0.29) is 12.3 Å². The highest BCUT2D eigenvalue weighted by Gasteiger charge is 2.16. The van der Waals surface area contributed by atoms with Gasteiger partial charge in [-0.05, 0) is 26.0 Å². The molecule has 102 valence electrons. The highest BCUT2D eigenvalue weighted by molar-refractivity contribution is 5.93. The van der Waals surface area contributed by atoms with Crippen LogP contribution in [0.25, 0.3) is 11.1 Å². The third-order valence-electron chi connectivity index (χ3n) is 2.69. The molecule has 6 heteroatoms. The first-order valence-electron chi connectivity index (χ1n) is 5.94.